The number of benzene rings is 1. The van der Waals surface area contributed by atoms with Crippen molar-refractivity contribution in [2.45, 2.75) is 35.9 Å². The van der Waals surface area contributed by atoms with Crippen molar-refractivity contribution in [3.8, 4) is 0 Å². The van der Waals surface area contributed by atoms with Gasteiger partial charge in [-0.25, -0.2) is 0 Å². The van der Waals surface area contributed by atoms with Crippen LogP contribution in [-0.2, 0) is 10.5 Å². The summed E-state index contributed by atoms with van der Waals surface area (Å²) < 4.78 is 6.63. The number of carbonyl (C=O) groups excluding carboxylic acids is 2. The van der Waals surface area contributed by atoms with Crippen LogP contribution in [0.4, 0.5) is 0 Å². The highest BCUT2D eigenvalue weighted by atomic mass is 32.2. The molecule has 3 aromatic rings. The van der Waals surface area contributed by atoms with Crippen molar-refractivity contribution < 1.29 is 14.0 Å². The Morgan fingerprint density at radius 1 is 1.30 bits per heavy atom. The summed E-state index contributed by atoms with van der Waals surface area (Å²) in [5.74, 6) is 0.204. The molecule has 27 heavy (non-hydrogen) atoms. The second-order valence-corrected chi connectivity index (χ2v) is 8.71. The Morgan fingerprint density at radius 3 is 2.85 bits per heavy atom. The summed E-state index contributed by atoms with van der Waals surface area (Å²) in [5, 5.41) is 15.4. The van der Waals surface area contributed by atoms with E-state index in [2.05, 4.69) is 20.8 Å². The fraction of sp³-hybridized carbons (Fsp3) is 0.333. The predicted octanol–water partition coefficient (Wildman–Crippen LogP) is 2.89. The molecule has 1 saturated carbocycles. The summed E-state index contributed by atoms with van der Waals surface area (Å²) in [6.45, 7) is 1.84. The number of hydrogen-bond donors (Lipinski definition) is 2. The fourth-order valence-electron chi connectivity index (χ4n) is 2.64. The molecule has 2 N–H and O–H groups in total. The number of thioether (sulfide) groups is 1. The van der Waals surface area contributed by atoms with Crippen molar-refractivity contribution in [1.29, 1.82) is 0 Å². The monoisotopic (exact) mass is 402 g/mol. The molecule has 2 heterocycles. The van der Waals surface area contributed by atoms with Gasteiger partial charge in [0.2, 0.25) is 5.91 Å². The summed E-state index contributed by atoms with van der Waals surface area (Å²) in [6, 6.07) is 7.79. The summed E-state index contributed by atoms with van der Waals surface area (Å²) in [4.78, 5) is 24.5. The number of nitrogens with one attached hydrogen (secondary N) is 2. The average Bonchev–Trinajstić information content (AvgIpc) is 3.24. The van der Waals surface area contributed by atoms with E-state index in [9.17, 15) is 9.59 Å². The van der Waals surface area contributed by atoms with Gasteiger partial charge in [0.25, 0.3) is 5.91 Å². The van der Waals surface area contributed by atoms with E-state index in [1.165, 1.54) is 23.1 Å². The molecule has 0 unspecified atom stereocenters. The highest BCUT2D eigenvalue weighted by Crippen LogP contribution is 2.33. The first-order chi connectivity index (χ1) is 13.1. The number of para-hydroxylation sites is 1. The Hall–Kier alpha value is -2.39. The minimum Gasteiger partial charge on any atom is -0.451 e. The molecule has 0 aliphatic heterocycles. The smallest absolute Gasteiger partial charge is 0.287 e. The summed E-state index contributed by atoms with van der Waals surface area (Å²) in [6.07, 6.45) is 2.02. The zero-order valence-corrected chi connectivity index (χ0v) is 16.3. The van der Waals surface area contributed by atoms with Gasteiger partial charge in [0.1, 0.15) is 10.6 Å². The minimum atomic E-state index is -0.388. The number of furan rings is 1. The van der Waals surface area contributed by atoms with Crippen LogP contribution in [0.25, 0.3) is 11.0 Å². The van der Waals surface area contributed by atoms with E-state index in [1.807, 2.05) is 31.2 Å². The molecule has 2 aromatic heterocycles. The van der Waals surface area contributed by atoms with E-state index < -0.39 is 0 Å². The number of hydrogen-bond acceptors (Lipinski definition) is 7. The molecule has 1 aliphatic rings. The molecule has 1 aliphatic carbocycles. The van der Waals surface area contributed by atoms with E-state index in [0.717, 1.165) is 33.1 Å². The van der Waals surface area contributed by atoms with Crippen LogP contribution in [0, 0.1) is 6.92 Å². The lowest BCUT2D eigenvalue weighted by Gasteiger charge is -2.06. The molecule has 140 valence electrons. The van der Waals surface area contributed by atoms with Gasteiger partial charge in [-0.2, -0.15) is 0 Å². The van der Waals surface area contributed by atoms with Crippen LogP contribution in [0.1, 0.15) is 34.0 Å². The SMILES string of the molecule is Cc1nnc(SCc2c(C(=O)NCC(=O)NC3CC3)oc3ccccc23)s1. The van der Waals surface area contributed by atoms with Gasteiger partial charge in [0.15, 0.2) is 10.1 Å². The van der Waals surface area contributed by atoms with Crippen molar-refractivity contribution in [2.24, 2.45) is 0 Å². The minimum absolute atomic E-state index is 0.0610. The number of nitrogens with zero attached hydrogens (tertiary/aromatic N) is 2. The Kier molecular flexibility index (Phi) is 5.13. The molecule has 0 atom stereocenters. The first-order valence-electron chi connectivity index (χ1n) is 8.61. The van der Waals surface area contributed by atoms with Crippen LogP contribution >= 0.6 is 23.1 Å². The van der Waals surface area contributed by atoms with Crippen molar-refractivity contribution in [2.75, 3.05) is 6.54 Å². The maximum absolute atomic E-state index is 12.6. The molecule has 1 fully saturated rings. The van der Waals surface area contributed by atoms with Gasteiger partial charge in [-0.15, -0.1) is 10.2 Å². The molecule has 0 bridgehead atoms. The highest BCUT2D eigenvalue weighted by molar-refractivity contribution is 8.00. The van der Waals surface area contributed by atoms with Gasteiger partial charge in [-0.05, 0) is 25.8 Å². The standard InChI is InChI=1S/C18H18N4O3S2/c1-10-21-22-18(27-10)26-9-13-12-4-2-3-5-14(12)25-16(13)17(24)19-8-15(23)20-11-6-7-11/h2-5,11H,6-9H2,1H3,(H,19,24)(H,20,23). The zero-order valence-electron chi connectivity index (χ0n) is 14.7. The maximum Gasteiger partial charge on any atom is 0.287 e. The molecule has 0 radical (unpaired) electrons. The molecule has 1 aromatic carbocycles. The Bertz CT molecular complexity index is 994. The molecule has 0 saturated heterocycles. The molecule has 4 rings (SSSR count). The van der Waals surface area contributed by atoms with Crippen LogP contribution in [0.3, 0.4) is 0 Å². The summed E-state index contributed by atoms with van der Waals surface area (Å²) in [7, 11) is 0. The van der Waals surface area contributed by atoms with E-state index in [4.69, 9.17) is 4.42 Å². The van der Waals surface area contributed by atoms with E-state index in [0.29, 0.717) is 11.3 Å². The highest BCUT2D eigenvalue weighted by Gasteiger charge is 2.25. The molecule has 0 spiro atoms. The second kappa shape index (κ2) is 7.69. The second-order valence-electron chi connectivity index (χ2n) is 6.31. The lowest BCUT2D eigenvalue weighted by Crippen LogP contribution is -2.37. The van der Waals surface area contributed by atoms with Crippen LogP contribution < -0.4 is 10.6 Å². The summed E-state index contributed by atoms with van der Waals surface area (Å²) >= 11 is 3.02. The Balaban J connectivity index is 1.51. The average molecular weight is 403 g/mol. The third-order valence-electron chi connectivity index (χ3n) is 4.10. The molecule has 2 amide bonds. The third-order valence-corrected chi connectivity index (χ3v) is 6.10. The van der Waals surface area contributed by atoms with Crippen LogP contribution in [0.15, 0.2) is 33.0 Å². The Labute approximate surface area is 163 Å². The quantitative estimate of drug-likeness (QED) is 0.590. The van der Waals surface area contributed by atoms with Crippen LogP contribution in [0.5, 0.6) is 0 Å². The van der Waals surface area contributed by atoms with Crippen molar-refractivity contribution in [3.05, 3.63) is 40.6 Å². The van der Waals surface area contributed by atoms with Crippen LogP contribution in [0.2, 0.25) is 0 Å². The van der Waals surface area contributed by atoms with Crippen LogP contribution in [-0.4, -0.2) is 34.6 Å². The van der Waals surface area contributed by atoms with Gasteiger partial charge in [0, 0.05) is 22.7 Å². The molecule has 7 nitrogen and oxygen atoms in total. The Morgan fingerprint density at radius 2 is 2.11 bits per heavy atom. The van der Waals surface area contributed by atoms with Gasteiger partial charge >= 0.3 is 0 Å². The third kappa shape index (κ3) is 4.30. The first kappa shape index (κ1) is 18.0. The number of amides is 2. The van der Waals surface area contributed by atoms with Gasteiger partial charge in [0.05, 0.1) is 6.54 Å². The van der Waals surface area contributed by atoms with Crippen molar-refractivity contribution in [1.82, 2.24) is 20.8 Å². The fourth-order valence-corrected chi connectivity index (χ4v) is 4.49. The van der Waals surface area contributed by atoms with Gasteiger partial charge in [-0.1, -0.05) is 41.3 Å². The lowest BCUT2D eigenvalue weighted by atomic mass is 10.1. The number of aryl methyl sites for hydroxylation is 1. The van der Waals surface area contributed by atoms with Gasteiger partial charge in [-0.3, -0.25) is 9.59 Å². The molecular weight excluding hydrogens is 384 g/mol. The first-order valence-corrected chi connectivity index (χ1v) is 10.4. The van der Waals surface area contributed by atoms with E-state index in [-0.39, 0.29) is 30.2 Å². The topological polar surface area (TPSA) is 97.1 Å². The van der Waals surface area contributed by atoms with E-state index in [1.54, 1.807) is 0 Å². The van der Waals surface area contributed by atoms with E-state index >= 15 is 0 Å². The zero-order chi connectivity index (χ0) is 18.8. The summed E-state index contributed by atoms with van der Waals surface area (Å²) in [5.41, 5.74) is 1.44. The predicted molar refractivity (Wildman–Crippen MR) is 104 cm³/mol. The number of rotatable bonds is 7. The lowest BCUT2D eigenvalue weighted by molar-refractivity contribution is -0.120. The number of fused-ring (bicyclic) bond motifs is 1. The normalized spacial score (nSPS) is 13.7. The van der Waals surface area contributed by atoms with Crippen molar-refractivity contribution >= 4 is 45.9 Å². The van der Waals surface area contributed by atoms with Crippen molar-refractivity contribution in [3.63, 3.8) is 0 Å². The largest absolute Gasteiger partial charge is 0.451 e. The molecule has 9 heteroatoms. The number of carbonyl (C=O) groups is 2. The number of aromatic nitrogens is 2. The maximum atomic E-state index is 12.6. The molecular formula is C18H18N4O3S2. The van der Waals surface area contributed by atoms with Gasteiger partial charge < -0.3 is 15.1 Å².